The molecular formula is C26H24Cl2N2O5S. The molecule has 0 radical (unpaired) electrons. The zero-order chi connectivity index (χ0) is 25.7. The van der Waals surface area contributed by atoms with Gasteiger partial charge in [0.05, 0.1) is 15.6 Å². The van der Waals surface area contributed by atoms with E-state index in [0.29, 0.717) is 10.6 Å². The SMILES string of the molecule is O=C(COc1ccc(S(=O)(=O)NC2CCCC2)cc1Cl)Nc1ccc(Cl)cc1C(=O)c1ccccc1. The van der Waals surface area contributed by atoms with Gasteiger partial charge in [-0.05, 0) is 49.2 Å². The topological polar surface area (TPSA) is 102 Å². The van der Waals surface area contributed by atoms with Gasteiger partial charge in [0.15, 0.2) is 12.4 Å². The summed E-state index contributed by atoms with van der Waals surface area (Å²) in [6.07, 6.45) is 3.63. The molecule has 1 aliphatic carbocycles. The van der Waals surface area contributed by atoms with Crippen LogP contribution in [0.5, 0.6) is 5.75 Å². The molecule has 0 spiro atoms. The van der Waals surface area contributed by atoms with Crippen LogP contribution in [0.2, 0.25) is 10.0 Å². The predicted octanol–water partition coefficient (Wildman–Crippen LogP) is 5.46. The van der Waals surface area contributed by atoms with Crippen molar-refractivity contribution in [3.8, 4) is 5.75 Å². The van der Waals surface area contributed by atoms with Crippen molar-refractivity contribution < 1.29 is 22.7 Å². The highest BCUT2D eigenvalue weighted by atomic mass is 35.5. The van der Waals surface area contributed by atoms with Crippen molar-refractivity contribution in [2.24, 2.45) is 0 Å². The molecule has 0 atom stereocenters. The summed E-state index contributed by atoms with van der Waals surface area (Å²) in [6, 6.07) is 17.2. The molecule has 10 heteroatoms. The molecule has 0 heterocycles. The average Bonchev–Trinajstić information content (AvgIpc) is 3.36. The normalized spacial score (nSPS) is 13.9. The van der Waals surface area contributed by atoms with Crippen LogP contribution in [0.1, 0.15) is 41.6 Å². The Morgan fingerprint density at radius 3 is 2.36 bits per heavy atom. The summed E-state index contributed by atoms with van der Waals surface area (Å²) in [5.74, 6) is -0.668. The van der Waals surface area contributed by atoms with Gasteiger partial charge in [-0.15, -0.1) is 0 Å². The fourth-order valence-electron chi connectivity index (χ4n) is 3.98. The molecule has 0 unspecified atom stereocenters. The highest BCUT2D eigenvalue weighted by Gasteiger charge is 2.24. The summed E-state index contributed by atoms with van der Waals surface area (Å²) >= 11 is 12.3. The molecule has 4 rings (SSSR count). The summed E-state index contributed by atoms with van der Waals surface area (Å²) in [5.41, 5.74) is 0.979. The van der Waals surface area contributed by atoms with Crippen molar-refractivity contribution in [2.45, 2.75) is 36.6 Å². The number of anilines is 1. The summed E-state index contributed by atoms with van der Waals surface area (Å²) in [4.78, 5) is 25.5. The molecule has 0 aromatic heterocycles. The van der Waals surface area contributed by atoms with Crippen molar-refractivity contribution in [3.05, 3.63) is 87.9 Å². The van der Waals surface area contributed by atoms with E-state index in [4.69, 9.17) is 27.9 Å². The van der Waals surface area contributed by atoms with Gasteiger partial charge >= 0.3 is 0 Å². The second-order valence-electron chi connectivity index (χ2n) is 8.42. The molecule has 3 aromatic rings. The molecule has 188 valence electrons. The largest absolute Gasteiger partial charge is 0.482 e. The molecule has 1 fully saturated rings. The molecule has 2 N–H and O–H groups in total. The van der Waals surface area contributed by atoms with Crippen molar-refractivity contribution in [1.29, 1.82) is 0 Å². The van der Waals surface area contributed by atoms with E-state index < -0.39 is 22.5 Å². The number of sulfonamides is 1. The number of ketones is 1. The Bertz CT molecular complexity index is 1370. The van der Waals surface area contributed by atoms with Crippen molar-refractivity contribution >= 4 is 50.6 Å². The van der Waals surface area contributed by atoms with Crippen LogP contribution in [0.25, 0.3) is 0 Å². The van der Waals surface area contributed by atoms with E-state index in [1.807, 2.05) is 0 Å². The Kier molecular flexibility index (Phi) is 8.31. The van der Waals surface area contributed by atoms with Gasteiger partial charge in [0, 0.05) is 22.2 Å². The first kappa shape index (κ1) is 26.2. The van der Waals surface area contributed by atoms with Crippen molar-refractivity contribution in [2.75, 3.05) is 11.9 Å². The van der Waals surface area contributed by atoms with E-state index in [9.17, 15) is 18.0 Å². The molecule has 0 bridgehead atoms. The van der Waals surface area contributed by atoms with E-state index in [-0.39, 0.29) is 38.7 Å². The number of hydrogen-bond donors (Lipinski definition) is 2. The Morgan fingerprint density at radius 1 is 0.944 bits per heavy atom. The number of ether oxygens (including phenoxy) is 1. The van der Waals surface area contributed by atoms with Crippen LogP contribution in [0.3, 0.4) is 0 Å². The van der Waals surface area contributed by atoms with Gasteiger partial charge in [-0.1, -0.05) is 66.4 Å². The number of rotatable bonds is 9. The minimum Gasteiger partial charge on any atom is -0.482 e. The monoisotopic (exact) mass is 546 g/mol. The number of carbonyl (C=O) groups excluding carboxylic acids is 2. The van der Waals surface area contributed by atoms with E-state index >= 15 is 0 Å². The summed E-state index contributed by atoms with van der Waals surface area (Å²) in [6.45, 7) is -0.409. The molecule has 1 amide bonds. The maximum atomic E-state index is 12.9. The first-order valence-electron chi connectivity index (χ1n) is 11.4. The number of amides is 1. The lowest BCUT2D eigenvalue weighted by molar-refractivity contribution is -0.118. The maximum Gasteiger partial charge on any atom is 0.262 e. The summed E-state index contributed by atoms with van der Waals surface area (Å²) < 4.78 is 33.5. The highest BCUT2D eigenvalue weighted by Crippen LogP contribution is 2.29. The molecule has 1 aliphatic rings. The highest BCUT2D eigenvalue weighted by molar-refractivity contribution is 7.89. The summed E-state index contributed by atoms with van der Waals surface area (Å²) in [5, 5.41) is 3.08. The lowest BCUT2D eigenvalue weighted by Crippen LogP contribution is -2.32. The maximum absolute atomic E-state index is 12.9. The third-order valence-electron chi connectivity index (χ3n) is 5.79. The molecule has 7 nitrogen and oxygen atoms in total. The molecule has 0 saturated heterocycles. The average molecular weight is 547 g/mol. The summed E-state index contributed by atoms with van der Waals surface area (Å²) in [7, 11) is -3.71. The second kappa shape index (κ2) is 11.4. The number of hydrogen-bond acceptors (Lipinski definition) is 5. The van der Waals surface area contributed by atoms with Gasteiger partial charge in [0.2, 0.25) is 10.0 Å². The van der Waals surface area contributed by atoms with Gasteiger partial charge in [-0.25, -0.2) is 13.1 Å². The first-order valence-corrected chi connectivity index (χ1v) is 13.6. The zero-order valence-corrected chi connectivity index (χ0v) is 21.5. The van der Waals surface area contributed by atoms with Crippen LogP contribution in [0, 0.1) is 0 Å². The third-order valence-corrected chi connectivity index (χ3v) is 7.83. The lowest BCUT2D eigenvalue weighted by Gasteiger charge is -2.14. The minimum atomic E-state index is -3.71. The van der Waals surface area contributed by atoms with Crippen LogP contribution < -0.4 is 14.8 Å². The van der Waals surface area contributed by atoms with Gasteiger partial charge in [0.25, 0.3) is 5.91 Å². The molecule has 1 saturated carbocycles. The van der Waals surface area contributed by atoms with E-state index in [0.717, 1.165) is 25.7 Å². The van der Waals surface area contributed by atoms with Gasteiger partial charge in [-0.2, -0.15) is 0 Å². The number of benzene rings is 3. The van der Waals surface area contributed by atoms with Crippen molar-refractivity contribution in [1.82, 2.24) is 4.72 Å². The number of nitrogens with one attached hydrogen (secondary N) is 2. The lowest BCUT2D eigenvalue weighted by atomic mass is 10.0. The standard InChI is InChI=1S/C26H24Cl2N2O5S/c27-18-10-12-23(21(14-18)26(32)17-6-2-1-3-7-17)29-25(31)16-35-24-13-11-20(15-22(24)28)36(33,34)30-19-8-4-5-9-19/h1-3,6-7,10-15,19,30H,4-5,8-9,16H2,(H,29,31). The quantitative estimate of drug-likeness (QED) is 0.347. The predicted molar refractivity (Wildman–Crippen MR) is 139 cm³/mol. The Balaban J connectivity index is 1.41. The van der Waals surface area contributed by atoms with Crippen molar-refractivity contribution in [3.63, 3.8) is 0 Å². The van der Waals surface area contributed by atoms with Crippen LogP contribution >= 0.6 is 23.2 Å². The molecule has 3 aromatic carbocycles. The Labute approximate surface area is 219 Å². The fraction of sp³-hybridized carbons (Fsp3) is 0.231. The number of carbonyl (C=O) groups is 2. The second-order valence-corrected chi connectivity index (χ2v) is 11.0. The fourth-order valence-corrected chi connectivity index (χ4v) is 5.79. The first-order chi connectivity index (χ1) is 17.2. The smallest absolute Gasteiger partial charge is 0.262 e. The molecular weight excluding hydrogens is 523 g/mol. The number of halogens is 2. The van der Waals surface area contributed by atoms with Gasteiger partial charge < -0.3 is 10.1 Å². The van der Waals surface area contributed by atoms with E-state index in [2.05, 4.69) is 10.0 Å². The third kappa shape index (κ3) is 6.44. The molecule has 0 aliphatic heterocycles. The van der Waals surface area contributed by atoms with Gasteiger partial charge in [0.1, 0.15) is 5.75 Å². The minimum absolute atomic E-state index is 0.0291. The molecule has 36 heavy (non-hydrogen) atoms. The van der Waals surface area contributed by atoms with Crippen LogP contribution in [-0.4, -0.2) is 32.8 Å². The van der Waals surface area contributed by atoms with E-state index in [1.54, 1.807) is 42.5 Å². The Hall–Kier alpha value is -2.91. The van der Waals surface area contributed by atoms with Crippen LogP contribution in [0.4, 0.5) is 5.69 Å². The Morgan fingerprint density at radius 2 is 1.67 bits per heavy atom. The zero-order valence-electron chi connectivity index (χ0n) is 19.2. The van der Waals surface area contributed by atoms with Crippen LogP contribution in [0.15, 0.2) is 71.6 Å². The van der Waals surface area contributed by atoms with E-state index in [1.165, 1.54) is 24.3 Å². The van der Waals surface area contributed by atoms with Crippen LogP contribution in [-0.2, 0) is 14.8 Å². The van der Waals surface area contributed by atoms with Gasteiger partial charge in [-0.3, -0.25) is 9.59 Å².